The lowest BCUT2D eigenvalue weighted by Crippen LogP contribution is -1.99. The number of aromatic carboxylic acids is 1. The molecule has 2 aromatic carbocycles. The molecule has 0 aliphatic heterocycles. The molecule has 0 aliphatic rings. The van der Waals surface area contributed by atoms with Crippen LogP contribution in [0.1, 0.15) is 15.9 Å². The van der Waals surface area contributed by atoms with Crippen LogP contribution >= 0.6 is 11.6 Å². The first-order valence-corrected chi connectivity index (χ1v) is 5.91. The number of hydrogen-bond donors (Lipinski definition) is 2. The van der Waals surface area contributed by atoms with Gasteiger partial charge in [-0.15, -0.1) is 0 Å². The predicted molar refractivity (Wildman–Crippen MR) is 72.8 cm³/mol. The predicted octanol–water partition coefficient (Wildman–Crippen LogP) is 4.23. The smallest absolute Gasteiger partial charge is 0.335 e. The molecule has 2 rings (SSSR count). The van der Waals surface area contributed by atoms with Crippen molar-refractivity contribution in [2.75, 3.05) is 5.32 Å². The first-order chi connectivity index (χ1) is 8.97. The summed E-state index contributed by atoms with van der Waals surface area (Å²) >= 11 is 5.96. The largest absolute Gasteiger partial charge is 0.478 e. The summed E-state index contributed by atoms with van der Waals surface area (Å²) in [5.41, 5.74) is 2.05. The molecule has 0 saturated heterocycles. The maximum absolute atomic E-state index is 13.1. The van der Waals surface area contributed by atoms with Crippen LogP contribution in [0.2, 0.25) is 5.02 Å². The van der Waals surface area contributed by atoms with Crippen LogP contribution in [-0.2, 0) is 0 Å². The molecule has 0 unspecified atom stereocenters. The lowest BCUT2D eigenvalue weighted by atomic mass is 10.1. The molecule has 0 spiro atoms. The first-order valence-electron chi connectivity index (χ1n) is 5.53. The van der Waals surface area contributed by atoms with E-state index in [4.69, 9.17) is 16.7 Å². The molecule has 2 aromatic rings. The number of rotatable bonds is 3. The minimum absolute atomic E-state index is 0.202. The van der Waals surface area contributed by atoms with Crippen molar-refractivity contribution >= 4 is 28.9 Å². The van der Waals surface area contributed by atoms with Gasteiger partial charge in [-0.1, -0.05) is 11.6 Å². The van der Waals surface area contributed by atoms with Gasteiger partial charge in [-0.05, 0) is 48.9 Å². The topological polar surface area (TPSA) is 49.3 Å². The monoisotopic (exact) mass is 279 g/mol. The van der Waals surface area contributed by atoms with E-state index in [9.17, 15) is 9.18 Å². The van der Waals surface area contributed by atoms with Crippen molar-refractivity contribution in [3.05, 3.63) is 58.4 Å². The van der Waals surface area contributed by atoms with Gasteiger partial charge < -0.3 is 10.4 Å². The highest BCUT2D eigenvalue weighted by atomic mass is 35.5. The van der Waals surface area contributed by atoms with Gasteiger partial charge in [-0.2, -0.15) is 0 Å². The van der Waals surface area contributed by atoms with Crippen LogP contribution in [-0.4, -0.2) is 11.1 Å². The van der Waals surface area contributed by atoms with Gasteiger partial charge in [0.2, 0.25) is 0 Å². The Morgan fingerprint density at radius 3 is 2.58 bits per heavy atom. The Bertz CT molecular complexity index is 643. The summed E-state index contributed by atoms with van der Waals surface area (Å²) in [5.74, 6) is -1.38. The van der Waals surface area contributed by atoms with E-state index in [0.29, 0.717) is 16.4 Å². The van der Waals surface area contributed by atoms with Crippen LogP contribution in [0.5, 0.6) is 0 Å². The molecule has 0 amide bonds. The van der Waals surface area contributed by atoms with Gasteiger partial charge in [-0.25, -0.2) is 9.18 Å². The molecule has 2 N–H and O–H groups in total. The third kappa shape index (κ3) is 3.03. The van der Waals surface area contributed by atoms with Gasteiger partial charge in [0.25, 0.3) is 0 Å². The summed E-state index contributed by atoms with van der Waals surface area (Å²) in [7, 11) is 0. The van der Waals surface area contributed by atoms with Gasteiger partial charge in [0.15, 0.2) is 0 Å². The zero-order valence-corrected chi connectivity index (χ0v) is 10.8. The lowest BCUT2D eigenvalue weighted by Gasteiger charge is -2.11. The number of nitrogens with one attached hydrogen (secondary N) is 1. The summed E-state index contributed by atoms with van der Waals surface area (Å²) in [6.07, 6.45) is 0. The van der Waals surface area contributed by atoms with Gasteiger partial charge in [-0.3, -0.25) is 0 Å². The Labute approximate surface area is 114 Å². The average molecular weight is 280 g/mol. The third-order valence-corrected chi connectivity index (χ3v) is 3.00. The van der Waals surface area contributed by atoms with Gasteiger partial charge in [0.1, 0.15) is 5.82 Å². The lowest BCUT2D eigenvalue weighted by molar-refractivity contribution is 0.0697. The van der Waals surface area contributed by atoms with Crippen molar-refractivity contribution in [3.63, 3.8) is 0 Å². The van der Waals surface area contributed by atoms with E-state index in [0.717, 1.165) is 5.56 Å². The van der Waals surface area contributed by atoms with Gasteiger partial charge in [0, 0.05) is 5.69 Å². The van der Waals surface area contributed by atoms with Crippen LogP contribution in [0.3, 0.4) is 0 Å². The molecule has 0 bridgehead atoms. The molecule has 98 valence electrons. The highest BCUT2D eigenvalue weighted by Crippen LogP contribution is 2.28. The summed E-state index contributed by atoms with van der Waals surface area (Å²) < 4.78 is 13.1. The summed E-state index contributed by atoms with van der Waals surface area (Å²) in [5, 5.41) is 12.3. The number of anilines is 2. The Kier molecular flexibility index (Phi) is 3.71. The van der Waals surface area contributed by atoms with Gasteiger partial charge >= 0.3 is 5.97 Å². The molecule has 0 aromatic heterocycles. The summed E-state index contributed by atoms with van der Waals surface area (Å²) in [4.78, 5) is 10.8. The Morgan fingerprint density at radius 2 is 1.95 bits per heavy atom. The Balaban J connectivity index is 2.33. The molecule has 0 saturated carbocycles. The van der Waals surface area contributed by atoms with E-state index in [1.54, 1.807) is 13.0 Å². The molecule has 0 radical (unpaired) electrons. The van der Waals surface area contributed by atoms with E-state index in [1.807, 2.05) is 0 Å². The van der Waals surface area contributed by atoms with E-state index in [1.165, 1.54) is 30.3 Å². The van der Waals surface area contributed by atoms with Crippen LogP contribution in [0.15, 0.2) is 36.4 Å². The number of carboxylic acids is 1. The zero-order chi connectivity index (χ0) is 14.0. The summed E-state index contributed by atoms with van der Waals surface area (Å²) in [6.45, 7) is 1.77. The second kappa shape index (κ2) is 5.28. The molecular weight excluding hydrogens is 269 g/mol. The summed E-state index contributed by atoms with van der Waals surface area (Å²) in [6, 6.07) is 8.66. The van der Waals surface area contributed by atoms with Crippen molar-refractivity contribution in [3.8, 4) is 0 Å². The molecule has 3 nitrogen and oxygen atoms in total. The molecule has 19 heavy (non-hydrogen) atoms. The zero-order valence-electron chi connectivity index (χ0n) is 10.1. The van der Waals surface area contributed by atoms with E-state index < -0.39 is 11.8 Å². The van der Waals surface area contributed by atoms with Crippen LogP contribution < -0.4 is 5.32 Å². The van der Waals surface area contributed by atoms with Crippen LogP contribution in [0, 0.1) is 12.7 Å². The minimum atomic E-state index is -0.988. The number of carbonyl (C=O) groups is 1. The minimum Gasteiger partial charge on any atom is -0.478 e. The van der Waals surface area contributed by atoms with Crippen molar-refractivity contribution in [1.29, 1.82) is 0 Å². The number of hydrogen-bond acceptors (Lipinski definition) is 2. The second-order valence-corrected chi connectivity index (χ2v) is 4.49. The number of carboxylic acid groups (broad SMARTS) is 1. The van der Waals surface area contributed by atoms with E-state index in [2.05, 4.69) is 5.32 Å². The third-order valence-electron chi connectivity index (χ3n) is 2.67. The SMILES string of the molecule is Cc1cc(C(=O)O)ccc1Nc1cc(F)ccc1Cl. The fraction of sp³-hybridized carbons (Fsp3) is 0.0714. The highest BCUT2D eigenvalue weighted by molar-refractivity contribution is 6.33. The van der Waals surface area contributed by atoms with Crippen LogP contribution in [0.25, 0.3) is 0 Å². The molecule has 0 atom stereocenters. The van der Waals surface area contributed by atoms with Crippen molar-refractivity contribution in [2.45, 2.75) is 6.92 Å². The van der Waals surface area contributed by atoms with E-state index in [-0.39, 0.29) is 5.56 Å². The molecule has 0 aliphatic carbocycles. The molecule has 0 fully saturated rings. The van der Waals surface area contributed by atoms with Crippen molar-refractivity contribution in [2.24, 2.45) is 0 Å². The highest BCUT2D eigenvalue weighted by Gasteiger charge is 2.08. The maximum atomic E-state index is 13.1. The van der Waals surface area contributed by atoms with Crippen molar-refractivity contribution < 1.29 is 14.3 Å². The van der Waals surface area contributed by atoms with Gasteiger partial charge in [0.05, 0.1) is 16.3 Å². The Morgan fingerprint density at radius 1 is 1.21 bits per heavy atom. The molecular formula is C14H11ClFNO2. The maximum Gasteiger partial charge on any atom is 0.335 e. The molecule has 0 heterocycles. The van der Waals surface area contributed by atoms with Crippen molar-refractivity contribution in [1.82, 2.24) is 0 Å². The fourth-order valence-electron chi connectivity index (χ4n) is 1.68. The Hall–Kier alpha value is -2.07. The second-order valence-electron chi connectivity index (χ2n) is 4.08. The quantitative estimate of drug-likeness (QED) is 0.884. The standard InChI is InChI=1S/C14H11ClFNO2/c1-8-6-9(14(18)19)2-5-12(8)17-13-7-10(16)3-4-11(13)15/h2-7,17H,1H3,(H,18,19). The van der Waals surface area contributed by atoms with Crippen LogP contribution in [0.4, 0.5) is 15.8 Å². The number of halogens is 2. The van der Waals surface area contributed by atoms with E-state index >= 15 is 0 Å². The fourth-order valence-corrected chi connectivity index (χ4v) is 1.84. The first kappa shape index (κ1) is 13.4. The number of aryl methyl sites for hydroxylation is 1. The normalized spacial score (nSPS) is 10.3. The number of benzene rings is 2. The molecule has 5 heteroatoms. The average Bonchev–Trinajstić information content (AvgIpc) is 2.36.